The molecule has 0 aliphatic carbocycles. The van der Waals surface area contributed by atoms with Crippen LogP contribution in [0.5, 0.6) is 0 Å². The smallest absolute Gasteiger partial charge is 0.128 e. The average Bonchev–Trinajstić information content (AvgIpc) is 2.41. The minimum atomic E-state index is -0.199. The highest BCUT2D eigenvalue weighted by Crippen LogP contribution is 2.25. The van der Waals surface area contributed by atoms with Gasteiger partial charge in [0.25, 0.3) is 0 Å². The monoisotopic (exact) mass is 278 g/mol. The van der Waals surface area contributed by atoms with E-state index in [9.17, 15) is 4.39 Å². The quantitative estimate of drug-likeness (QED) is 0.923. The van der Waals surface area contributed by atoms with Crippen molar-refractivity contribution in [3.8, 4) is 0 Å². The van der Waals surface area contributed by atoms with Crippen molar-refractivity contribution in [3.05, 3.63) is 64.2 Å². The minimum Gasteiger partial charge on any atom is -0.313 e. The lowest BCUT2D eigenvalue weighted by Gasteiger charge is -2.18. The summed E-state index contributed by atoms with van der Waals surface area (Å²) in [5, 5.41) is 3.75. The highest BCUT2D eigenvalue weighted by Gasteiger charge is 2.16. The molecule has 1 N–H and O–H groups in total. The van der Waals surface area contributed by atoms with Gasteiger partial charge < -0.3 is 5.32 Å². The molecule has 0 bridgehead atoms. The average molecular weight is 279 g/mol. The van der Waals surface area contributed by atoms with Gasteiger partial charge in [-0.1, -0.05) is 29.3 Å². The molecule has 0 saturated heterocycles. The van der Waals surface area contributed by atoms with Crippen LogP contribution < -0.4 is 5.32 Å². The normalized spacial score (nSPS) is 12.4. The Bertz CT molecular complexity index is 572. The molecule has 2 nitrogen and oxygen atoms in total. The number of likely N-dealkylation sites (N-methyl/N-ethyl adjacent to an activating group) is 1. The summed E-state index contributed by atoms with van der Waals surface area (Å²) in [6.07, 6.45) is 3.93. The number of pyridine rings is 1. The van der Waals surface area contributed by atoms with Crippen molar-refractivity contribution in [2.24, 2.45) is 0 Å². The molecule has 0 saturated carbocycles. The molecule has 0 amide bonds. The molecule has 2 aromatic rings. The first-order chi connectivity index (χ1) is 9.11. The SMILES string of the molecule is CNC(Cc1ccncc1Cl)c1cc(C)ccc1F. The predicted molar refractivity (Wildman–Crippen MR) is 75.9 cm³/mol. The van der Waals surface area contributed by atoms with Gasteiger partial charge in [-0.2, -0.15) is 0 Å². The van der Waals surface area contributed by atoms with Crippen LogP contribution in [0.15, 0.2) is 36.7 Å². The van der Waals surface area contributed by atoms with Gasteiger partial charge in [0, 0.05) is 24.0 Å². The Morgan fingerprint density at radius 3 is 2.84 bits per heavy atom. The Kier molecular flexibility index (Phi) is 4.51. The number of nitrogens with one attached hydrogen (secondary N) is 1. The predicted octanol–water partition coefficient (Wildman–Crippen LogP) is 3.69. The fourth-order valence-electron chi connectivity index (χ4n) is 2.09. The summed E-state index contributed by atoms with van der Waals surface area (Å²) < 4.78 is 13.9. The highest BCUT2D eigenvalue weighted by molar-refractivity contribution is 6.31. The number of aryl methyl sites for hydroxylation is 1. The van der Waals surface area contributed by atoms with Gasteiger partial charge in [0.15, 0.2) is 0 Å². The molecule has 0 radical (unpaired) electrons. The molecule has 0 aliphatic rings. The molecule has 0 aliphatic heterocycles. The van der Waals surface area contributed by atoms with Crippen molar-refractivity contribution in [2.45, 2.75) is 19.4 Å². The second-order valence-corrected chi connectivity index (χ2v) is 4.94. The van der Waals surface area contributed by atoms with Crippen molar-refractivity contribution in [2.75, 3.05) is 7.05 Å². The third-order valence-electron chi connectivity index (χ3n) is 3.16. The lowest BCUT2D eigenvalue weighted by molar-refractivity contribution is 0.533. The number of rotatable bonds is 4. The number of hydrogen-bond donors (Lipinski definition) is 1. The van der Waals surface area contributed by atoms with Crippen LogP contribution in [0, 0.1) is 12.7 Å². The van der Waals surface area contributed by atoms with Crippen LogP contribution in [0.4, 0.5) is 4.39 Å². The Balaban J connectivity index is 2.30. The fourth-order valence-corrected chi connectivity index (χ4v) is 2.28. The van der Waals surface area contributed by atoms with Crippen molar-refractivity contribution < 1.29 is 4.39 Å². The number of hydrogen-bond acceptors (Lipinski definition) is 2. The molecule has 0 fully saturated rings. The van der Waals surface area contributed by atoms with Gasteiger partial charge in [-0.15, -0.1) is 0 Å². The lowest BCUT2D eigenvalue weighted by Crippen LogP contribution is -2.20. The molecule has 19 heavy (non-hydrogen) atoms. The van der Waals surface area contributed by atoms with E-state index in [1.165, 1.54) is 6.07 Å². The summed E-state index contributed by atoms with van der Waals surface area (Å²) in [5.74, 6) is -0.199. The Hall–Kier alpha value is -1.45. The van der Waals surface area contributed by atoms with Crippen LogP contribution in [0.3, 0.4) is 0 Å². The minimum absolute atomic E-state index is 0.111. The van der Waals surface area contributed by atoms with Crippen LogP contribution in [-0.4, -0.2) is 12.0 Å². The molecule has 1 heterocycles. The molecule has 1 aromatic carbocycles. The number of benzene rings is 1. The standard InChI is InChI=1S/C15H16ClFN2/c1-10-3-4-14(17)12(7-10)15(18-2)8-11-5-6-19-9-13(11)16/h3-7,9,15,18H,8H2,1-2H3. The van der Waals surface area contributed by atoms with Crippen LogP contribution in [-0.2, 0) is 6.42 Å². The first-order valence-electron chi connectivity index (χ1n) is 6.13. The van der Waals surface area contributed by atoms with E-state index in [4.69, 9.17) is 11.6 Å². The summed E-state index contributed by atoms with van der Waals surface area (Å²) in [6.45, 7) is 1.95. The van der Waals surface area contributed by atoms with E-state index in [0.29, 0.717) is 17.0 Å². The number of halogens is 2. The Labute approximate surface area is 117 Å². The van der Waals surface area contributed by atoms with Crippen LogP contribution in [0.25, 0.3) is 0 Å². The maximum Gasteiger partial charge on any atom is 0.128 e. The van der Waals surface area contributed by atoms with E-state index in [-0.39, 0.29) is 11.9 Å². The summed E-state index contributed by atoms with van der Waals surface area (Å²) in [7, 11) is 1.82. The number of nitrogens with zero attached hydrogens (tertiary/aromatic N) is 1. The van der Waals surface area contributed by atoms with E-state index in [2.05, 4.69) is 10.3 Å². The zero-order valence-electron chi connectivity index (χ0n) is 11.0. The summed E-state index contributed by atoms with van der Waals surface area (Å²) in [4.78, 5) is 3.96. The summed E-state index contributed by atoms with van der Waals surface area (Å²) >= 11 is 6.10. The van der Waals surface area contributed by atoms with Crippen molar-refractivity contribution >= 4 is 11.6 Å². The Morgan fingerprint density at radius 1 is 1.37 bits per heavy atom. The lowest BCUT2D eigenvalue weighted by atomic mass is 9.97. The highest BCUT2D eigenvalue weighted by atomic mass is 35.5. The maximum atomic E-state index is 13.9. The van der Waals surface area contributed by atoms with E-state index < -0.39 is 0 Å². The van der Waals surface area contributed by atoms with Gasteiger partial charge >= 0.3 is 0 Å². The van der Waals surface area contributed by atoms with Crippen molar-refractivity contribution in [3.63, 3.8) is 0 Å². The molecule has 1 unspecified atom stereocenters. The van der Waals surface area contributed by atoms with Crippen LogP contribution in [0.2, 0.25) is 5.02 Å². The molecule has 1 aromatic heterocycles. The van der Waals surface area contributed by atoms with Gasteiger partial charge in [0.2, 0.25) is 0 Å². The van der Waals surface area contributed by atoms with Gasteiger partial charge in [-0.05, 0) is 38.1 Å². The molecule has 4 heteroatoms. The summed E-state index contributed by atoms with van der Waals surface area (Å²) in [6, 6.07) is 6.89. The van der Waals surface area contributed by atoms with E-state index in [1.54, 1.807) is 18.5 Å². The van der Waals surface area contributed by atoms with E-state index >= 15 is 0 Å². The molecule has 100 valence electrons. The molecular formula is C15H16ClFN2. The van der Waals surface area contributed by atoms with Crippen LogP contribution in [0.1, 0.15) is 22.7 Å². The third kappa shape index (κ3) is 3.31. The molecule has 2 rings (SSSR count). The molecule has 1 atom stereocenters. The third-order valence-corrected chi connectivity index (χ3v) is 3.50. The van der Waals surface area contributed by atoms with Crippen molar-refractivity contribution in [1.29, 1.82) is 0 Å². The second kappa shape index (κ2) is 6.13. The van der Waals surface area contributed by atoms with Crippen molar-refractivity contribution in [1.82, 2.24) is 10.3 Å². The number of aromatic nitrogens is 1. The first kappa shape index (κ1) is 14.0. The topological polar surface area (TPSA) is 24.9 Å². The first-order valence-corrected chi connectivity index (χ1v) is 6.51. The zero-order valence-corrected chi connectivity index (χ0v) is 11.7. The van der Waals surface area contributed by atoms with Gasteiger partial charge in [-0.25, -0.2) is 4.39 Å². The zero-order chi connectivity index (χ0) is 13.8. The summed E-state index contributed by atoms with van der Waals surface area (Å²) in [5.41, 5.74) is 2.66. The second-order valence-electron chi connectivity index (χ2n) is 4.54. The van der Waals surface area contributed by atoms with Gasteiger partial charge in [0.05, 0.1) is 5.02 Å². The maximum absolute atomic E-state index is 13.9. The molecular weight excluding hydrogens is 263 g/mol. The van der Waals surface area contributed by atoms with E-state index in [1.807, 2.05) is 26.1 Å². The van der Waals surface area contributed by atoms with Gasteiger partial charge in [0.1, 0.15) is 5.82 Å². The Morgan fingerprint density at radius 2 is 2.16 bits per heavy atom. The largest absolute Gasteiger partial charge is 0.313 e. The van der Waals surface area contributed by atoms with E-state index in [0.717, 1.165) is 11.1 Å². The fraction of sp³-hybridized carbons (Fsp3) is 0.267. The van der Waals surface area contributed by atoms with Gasteiger partial charge in [-0.3, -0.25) is 4.98 Å². The van der Waals surface area contributed by atoms with Crippen LogP contribution >= 0.6 is 11.6 Å². The molecule has 0 spiro atoms.